The van der Waals surface area contributed by atoms with Gasteiger partial charge in [0.05, 0.1) is 0 Å². The Labute approximate surface area is 264 Å². The number of aryl methyl sites for hydroxylation is 4. The van der Waals surface area contributed by atoms with E-state index in [1.165, 1.54) is 55.6 Å². The van der Waals surface area contributed by atoms with Crippen LogP contribution in [0.5, 0.6) is 0 Å². The van der Waals surface area contributed by atoms with Gasteiger partial charge in [-0.3, -0.25) is 0 Å². The molecule has 2 heteroatoms. The van der Waals surface area contributed by atoms with E-state index >= 15 is 0 Å². The van der Waals surface area contributed by atoms with Gasteiger partial charge in [-0.1, -0.05) is 113 Å². The lowest BCUT2D eigenvalue weighted by molar-refractivity contribution is 0.173. The second-order valence-corrected chi connectivity index (χ2v) is 12.2. The van der Waals surface area contributed by atoms with Crippen LogP contribution in [0.25, 0.3) is 12.2 Å². The first-order chi connectivity index (χ1) is 21.6. The second kappa shape index (κ2) is 13.7. The lowest BCUT2D eigenvalue weighted by Gasteiger charge is -2.23. The fourth-order valence-corrected chi connectivity index (χ4v) is 7.13. The number of rotatable bonds is 13. The van der Waals surface area contributed by atoms with Crippen LogP contribution >= 0.6 is 0 Å². The zero-order valence-corrected chi connectivity index (χ0v) is 26.9. The molecule has 6 rings (SSSR count). The van der Waals surface area contributed by atoms with Crippen LogP contribution in [-0.2, 0) is 48.4 Å². The minimum atomic E-state index is 0.241. The van der Waals surface area contributed by atoms with Crippen LogP contribution in [0.2, 0.25) is 0 Å². The second-order valence-electron chi connectivity index (χ2n) is 12.2. The first-order valence-corrected chi connectivity index (χ1v) is 16.7. The van der Waals surface area contributed by atoms with Gasteiger partial charge in [-0.2, -0.15) is 0 Å². The first kappa shape index (κ1) is 30.0. The Bertz CT molecular complexity index is 1520. The summed E-state index contributed by atoms with van der Waals surface area (Å²) in [4.78, 5) is 0. The standard InChI is InChI=1S/C42H46O2/c1-5-31-21-35-25-41(43-27-29-15-11-9-12-16-29)37(39(35)23-33(31)7-3)19-20-38-40-24-34(8-4)32(6-2)22-36(40)26-42(38)44-28-30-17-13-10-14-18-30/h9-18,21-26,37-38H,5-8,19-20,27-28H2,1-4H3. The number of benzene rings is 4. The molecule has 2 aliphatic carbocycles. The van der Waals surface area contributed by atoms with Gasteiger partial charge in [0, 0.05) is 11.8 Å². The van der Waals surface area contributed by atoms with Crippen molar-refractivity contribution in [1.82, 2.24) is 0 Å². The van der Waals surface area contributed by atoms with E-state index in [2.05, 4.69) is 125 Å². The third-order valence-corrected chi connectivity index (χ3v) is 9.61. The number of hydrogen-bond donors (Lipinski definition) is 0. The van der Waals surface area contributed by atoms with E-state index < -0.39 is 0 Å². The third-order valence-electron chi connectivity index (χ3n) is 9.61. The normalized spacial score (nSPS) is 16.7. The SMILES string of the molecule is CCc1cc2c(cc1CC)C(CCC1C(OCc3ccccc3)=Cc3cc(CC)c(CC)cc31)C(OCc1ccccc1)=C2. The molecule has 44 heavy (non-hydrogen) atoms. The highest BCUT2D eigenvalue weighted by molar-refractivity contribution is 5.68. The molecule has 2 aliphatic rings. The van der Waals surface area contributed by atoms with Crippen molar-refractivity contribution in [2.24, 2.45) is 0 Å². The summed E-state index contributed by atoms with van der Waals surface area (Å²) in [6.07, 6.45) is 10.9. The zero-order valence-electron chi connectivity index (χ0n) is 26.9. The zero-order chi connectivity index (χ0) is 30.5. The highest BCUT2D eigenvalue weighted by atomic mass is 16.5. The third kappa shape index (κ3) is 6.27. The maximum atomic E-state index is 6.63. The average molecular weight is 583 g/mol. The summed E-state index contributed by atoms with van der Waals surface area (Å²) >= 11 is 0. The monoisotopic (exact) mass is 582 g/mol. The summed E-state index contributed by atoms with van der Waals surface area (Å²) in [5, 5.41) is 0. The molecule has 2 unspecified atom stereocenters. The Morgan fingerprint density at radius 3 is 1.20 bits per heavy atom. The van der Waals surface area contributed by atoms with E-state index in [9.17, 15) is 0 Å². The molecular formula is C42H46O2. The van der Waals surface area contributed by atoms with Gasteiger partial charge < -0.3 is 9.47 Å². The van der Waals surface area contributed by atoms with Crippen LogP contribution in [0.3, 0.4) is 0 Å². The van der Waals surface area contributed by atoms with Gasteiger partial charge in [-0.15, -0.1) is 0 Å². The minimum absolute atomic E-state index is 0.241. The summed E-state index contributed by atoms with van der Waals surface area (Å²) in [6, 6.07) is 30.8. The van der Waals surface area contributed by atoms with Crippen molar-refractivity contribution in [3.05, 3.63) is 152 Å². The van der Waals surface area contributed by atoms with E-state index in [1.54, 1.807) is 0 Å². The molecule has 226 valence electrons. The van der Waals surface area contributed by atoms with E-state index in [0.29, 0.717) is 13.2 Å². The van der Waals surface area contributed by atoms with Crippen LogP contribution in [-0.4, -0.2) is 0 Å². The molecule has 2 atom stereocenters. The number of hydrogen-bond acceptors (Lipinski definition) is 2. The predicted molar refractivity (Wildman–Crippen MR) is 184 cm³/mol. The highest BCUT2D eigenvalue weighted by Gasteiger charge is 2.33. The maximum absolute atomic E-state index is 6.63. The Hall–Kier alpha value is -4.04. The van der Waals surface area contributed by atoms with E-state index in [1.807, 2.05) is 0 Å². The van der Waals surface area contributed by atoms with Crippen molar-refractivity contribution >= 4 is 12.2 Å². The molecular weight excluding hydrogens is 536 g/mol. The Kier molecular flexibility index (Phi) is 9.36. The quantitative estimate of drug-likeness (QED) is 0.156. The van der Waals surface area contributed by atoms with Crippen molar-refractivity contribution in [1.29, 1.82) is 0 Å². The fraction of sp³-hybridized carbons (Fsp3) is 0.333. The Balaban J connectivity index is 1.30. The molecule has 0 radical (unpaired) electrons. The fourth-order valence-electron chi connectivity index (χ4n) is 7.13. The van der Waals surface area contributed by atoms with E-state index in [0.717, 1.165) is 50.0 Å². The number of ether oxygens (including phenoxy) is 2. The smallest absolute Gasteiger partial charge is 0.113 e. The maximum Gasteiger partial charge on any atom is 0.113 e. The van der Waals surface area contributed by atoms with Crippen LogP contribution in [0.1, 0.15) is 108 Å². The van der Waals surface area contributed by atoms with Gasteiger partial charge in [0.25, 0.3) is 0 Å². The average Bonchev–Trinajstić information content (AvgIpc) is 3.60. The Morgan fingerprint density at radius 1 is 0.477 bits per heavy atom. The van der Waals surface area contributed by atoms with E-state index in [4.69, 9.17) is 9.47 Å². The molecule has 0 fully saturated rings. The Morgan fingerprint density at radius 2 is 0.841 bits per heavy atom. The predicted octanol–water partition coefficient (Wildman–Crippen LogP) is 10.7. The molecule has 0 amide bonds. The van der Waals surface area contributed by atoms with Gasteiger partial charge in [0.1, 0.15) is 24.7 Å². The van der Waals surface area contributed by atoms with Crippen LogP contribution in [0.4, 0.5) is 0 Å². The van der Waals surface area contributed by atoms with Crippen molar-refractivity contribution in [2.45, 2.75) is 91.3 Å². The summed E-state index contributed by atoms with van der Waals surface area (Å²) in [6.45, 7) is 10.3. The van der Waals surface area contributed by atoms with Crippen LogP contribution in [0, 0.1) is 0 Å². The summed E-state index contributed by atoms with van der Waals surface area (Å²) in [7, 11) is 0. The molecule has 0 spiro atoms. The van der Waals surface area contributed by atoms with Crippen molar-refractivity contribution in [3.8, 4) is 0 Å². The van der Waals surface area contributed by atoms with Gasteiger partial charge in [0.2, 0.25) is 0 Å². The lowest BCUT2D eigenvalue weighted by atomic mass is 9.85. The van der Waals surface area contributed by atoms with Crippen LogP contribution < -0.4 is 0 Å². The molecule has 0 aromatic heterocycles. The summed E-state index contributed by atoms with van der Waals surface area (Å²) in [5.74, 6) is 2.68. The molecule has 0 saturated carbocycles. The molecule has 4 aromatic carbocycles. The molecule has 0 saturated heterocycles. The van der Waals surface area contributed by atoms with Crippen molar-refractivity contribution < 1.29 is 9.47 Å². The molecule has 4 aromatic rings. The van der Waals surface area contributed by atoms with Gasteiger partial charge in [-0.05, 0) is 106 Å². The number of allylic oxidation sites excluding steroid dienone is 2. The summed E-state index contributed by atoms with van der Waals surface area (Å²) in [5.41, 5.74) is 13.7. The van der Waals surface area contributed by atoms with Crippen molar-refractivity contribution in [3.63, 3.8) is 0 Å². The molecule has 0 heterocycles. The minimum Gasteiger partial charge on any atom is -0.493 e. The summed E-state index contributed by atoms with van der Waals surface area (Å²) < 4.78 is 13.3. The lowest BCUT2D eigenvalue weighted by Crippen LogP contribution is -2.09. The number of fused-ring (bicyclic) bond motifs is 2. The molecule has 0 bridgehead atoms. The van der Waals surface area contributed by atoms with Gasteiger partial charge in [0.15, 0.2) is 0 Å². The van der Waals surface area contributed by atoms with Crippen LogP contribution in [0.15, 0.2) is 96.4 Å². The van der Waals surface area contributed by atoms with Gasteiger partial charge >= 0.3 is 0 Å². The van der Waals surface area contributed by atoms with Gasteiger partial charge in [-0.25, -0.2) is 0 Å². The first-order valence-electron chi connectivity index (χ1n) is 16.7. The largest absolute Gasteiger partial charge is 0.493 e. The molecule has 2 nitrogen and oxygen atoms in total. The van der Waals surface area contributed by atoms with Crippen molar-refractivity contribution in [2.75, 3.05) is 0 Å². The molecule has 0 aliphatic heterocycles. The highest BCUT2D eigenvalue weighted by Crippen LogP contribution is 2.47. The topological polar surface area (TPSA) is 18.5 Å². The molecule has 0 N–H and O–H groups in total. The van der Waals surface area contributed by atoms with E-state index in [-0.39, 0.29) is 11.8 Å².